The molecule has 0 atom stereocenters. The van der Waals surface area contributed by atoms with Crippen molar-refractivity contribution in [3.63, 3.8) is 0 Å². The number of nitrogens with zero attached hydrogens (tertiary/aromatic N) is 2. The van der Waals surface area contributed by atoms with Crippen LogP contribution < -0.4 is 5.73 Å². The Kier molecular flexibility index (Phi) is 5.05. The van der Waals surface area contributed by atoms with E-state index in [9.17, 15) is 4.79 Å². The summed E-state index contributed by atoms with van der Waals surface area (Å²) in [6, 6.07) is 3.79. The SMILES string of the molecule is CCCn1cccc1C(=O)N(C)CCCN. The van der Waals surface area contributed by atoms with Crippen LogP contribution in [0.5, 0.6) is 0 Å². The van der Waals surface area contributed by atoms with E-state index < -0.39 is 0 Å². The Morgan fingerprint density at radius 2 is 2.31 bits per heavy atom. The number of carbonyl (C=O) groups excluding carboxylic acids is 1. The molecule has 0 saturated carbocycles. The first-order chi connectivity index (χ1) is 7.70. The van der Waals surface area contributed by atoms with E-state index >= 15 is 0 Å². The number of aromatic nitrogens is 1. The number of amides is 1. The zero-order valence-electron chi connectivity index (χ0n) is 10.1. The highest BCUT2D eigenvalue weighted by Crippen LogP contribution is 2.07. The first kappa shape index (κ1) is 12.8. The fourth-order valence-corrected chi connectivity index (χ4v) is 1.67. The van der Waals surface area contributed by atoms with Gasteiger partial charge in [-0.2, -0.15) is 0 Å². The minimum Gasteiger partial charge on any atom is -0.344 e. The van der Waals surface area contributed by atoms with Gasteiger partial charge in [0.2, 0.25) is 0 Å². The van der Waals surface area contributed by atoms with E-state index in [1.165, 1.54) is 0 Å². The highest BCUT2D eigenvalue weighted by molar-refractivity contribution is 5.92. The molecule has 90 valence electrons. The van der Waals surface area contributed by atoms with Crippen LogP contribution in [-0.4, -0.2) is 35.5 Å². The summed E-state index contributed by atoms with van der Waals surface area (Å²) < 4.78 is 2.00. The molecule has 0 saturated heterocycles. The van der Waals surface area contributed by atoms with Gasteiger partial charge >= 0.3 is 0 Å². The largest absolute Gasteiger partial charge is 0.344 e. The zero-order valence-corrected chi connectivity index (χ0v) is 10.1. The molecule has 2 N–H and O–H groups in total. The summed E-state index contributed by atoms with van der Waals surface area (Å²) in [7, 11) is 1.82. The predicted molar refractivity (Wildman–Crippen MR) is 65.4 cm³/mol. The second-order valence-corrected chi connectivity index (χ2v) is 3.96. The van der Waals surface area contributed by atoms with Crippen molar-refractivity contribution >= 4 is 5.91 Å². The van der Waals surface area contributed by atoms with Gasteiger partial charge in [-0.3, -0.25) is 4.79 Å². The van der Waals surface area contributed by atoms with Gasteiger partial charge < -0.3 is 15.2 Å². The van der Waals surface area contributed by atoms with Crippen molar-refractivity contribution in [2.75, 3.05) is 20.1 Å². The lowest BCUT2D eigenvalue weighted by Crippen LogP contribution is -2.30. The molecule has 1 heterocycles. The predicted octanol–water partition coefficient (Wildman–Crippen LogP) is 1.32. The monoisotopic (exact) mass is 223 g/mol. The molecule has 1 amide bonds. The van der Waals surface area contributed by atoms with Crippen molar-refractivity contribution in [2.45, 2.75) is 26.3 Å². The molecule has 0 bridgehead atoms. The van der Waals surface area contributed by atoms with E-state index in [0.717, 1.165) is 25.1 Å². The molecular weight excluding hydrogens is 202 g/mol. The first-order valence-electron chi connectivity index (χ1n) is 5.81. The number of rotatable bonds is 6. The molecule has 1 aromatic rings. The minimum absolute atomic E-state index is 0.0758. The van der Waals surface area contributed by atoms with Gasteiger partial charge in [-0.05, 0) is 31.5 Å². The van der Waals surface area contributed by atoms with E-state index in [1.54, 1.807) is 4.90 Å². The van der Waals surface area contributed by atoms with Crippen molar-refractivity contribution in [1.29, 1.82) is 0 Å². The maximum absolute atomic E-state index is 12.1. The third-order valence-corrected chi connectivity index (χ3v) is 2.56. The van der Waals surface area contributed by atoms with Crippen LogP contribution in [-0.2, 0) is 6.54 Å². The number of aryl methyl sites for hydroxylation is 1. The van der Waals surface area contributed by atoms with Crippen molar-refractivity contribution in [3.8, 4) is 0 Å². The lowest BCUT2D eigenvalue weighted by Gasteiger charge is -2.17. The molecular formula is C12H21N3O. The summed E-state index contributed by atoms with van der Waals surface area (Å²) >= 11 is 0. The number of hydrogen-bond acceptors (Lipinski definition) is 2. The lowest BCUT2D eigenvalue weighted by molar-refractivity contribution is 0.0783. The molecule has 1 aromatic heterocycles. The van der Waals surface area contributed by atoms with Crippen LogP contribution in [0.1, 0.15) is 30.3 Å². The van der Waals surface area contributed by atoms with Gasteiger partial charge in [-0.15, -0.1) is 0 Å². The molecule has 0 aliphatic rings. The first-order valence-corrected chi connectivity index (χ1v) is 5.81. The van der Waals surface area contributed by atoms with Crippen LogP contribution in [0.3, 0.4) is 0 Å². The molecule has 4 heteroatoms. The maximum atomic E-state index is 12.1. The van der Waals surface area contributed by atoms with Gasteiger partial charge in [0.15, 0.2) is 0 Å². The van der Waals surface area contributed by atoms with Crippen LogP contribution in [0.4, 0.5) is 0 Å². The number of hydrogen-bond donors (Lipinski definition) is 1. The van der Waals surface area contributed by atoms with E-state index in [0.29, 0.717) is 13.1 Å². The summed E-state index contributed by atoms with van der Waals surface area (Å²) in [4.78, 5) is 13.8. The van der Waals surface area contributed by atoms with Crippen molar-refractivity contribution < 1.29 is 4.79 Å². The normalized spacial score (nSPS) is 10.4. The van der Waals surface area contributed by atoms with Gasteiger partial charge in [-0.1, -0.05) is 6.92 Å². The third-order valence-electron chi connectivity index (χ3n) is 2.56. The molecule has 16 heavy (non-hydrogen) atoms. The lowest BCUT2D eigenvalue weighted by atomic mass is 10.3. The summed E-state index contributed by atoms with van der Waals surface area (Å²) in [5.41, 5.74) is 6.20. The second-order valence-electron chi connectivity index (χ2n) is 3.96. The van der Waals surface area contributed by atoms with E-state index in [2.05, 4.69) is 6.92 Å². The van der Waals surface area contributed by atoms with Gasteiger partial charge in [0.05, 0.1) is 0 Å². The van der Waals surface area contributed by atoms with Crippen LogP contribution in [0.2, 0.25) is 0 Å². The Bertz CT molecular complexity index is 333. The Morgan fingerprint density at radius 3 is 2.94 bits per heavy atom. The van der Waals surface area contributed by atoms with Crippen molar-refractivity contribution in [3.05, 3.63) is 24.0 Å². The summed E-state index contributed by atoms with van der Waals surface area (Å²) in [5, 5.41) is 0. The van der Waals surface area contributed by atoms with Crippen molar-refractivity contribution in [2.24, 2.45) is 5.73 Å². The molecule has 0 aliphatic heterocycles. The van der Waals surface area contributed by atoms with Gasteiger partial charge in [0.25, 0.3) is 5.91 Å². The zero-order chi connectivity index (χ0) is 12.0. The number of nitrogens with two attached hydrogens (primary N) is 1. The van der Waals surface area contributed by atoms with E-state index in [4.69, 9.17) is 5.73 Å². The average molecular weight is 223 g/mol. The fourth-order valence-electron chi connectivity index (χ4n) is 1.67. The summed E-state index contributed by atoms with van der Waals surface area (Å²) in [5.74, 6) is 0.0758. The van der Waals surface area contributed by atoms with Crippen LogP contribution >= 0.6 is 0 Å². The molecule has 1 rings (SSSR count). The van der Waals surface area contributed by atoms with Crippen LogP contribution in [0, 0.1) is 0 Å². The average Bonchev–Trinajstić information content (AvgIpc) is 2.73. The highest BCUT2D eigenvalue weighted by atomic mass is 16.2. The highest BCUT2D eigenvalue weighted by Gasteiger charge is 2.14. The molecule has 0 aliphatic carbocycles. The van der Waals surface area contributed by atoms with Gasteiger partial charge in [0, 0.05) is 26.3 Å². The topological polar surface area (TPSA) is 51.3 Å². The quantitative estimate of drug-likeness (QED) is 0.790. The number of carbonyl (C=O) groups is 1. The Morgan fingerprint density at radius 1 is 1.56 bits per heavy atom. The third kappa shape index (κ3) is 3.10. The molecule has 0 spiro atoms. The van der Waals surface area contributed by atoms with Gasteiger partial charge in [0.1, 0.15) is 5.69 Å². The maximum Gasteiger partial charge on any atom is 0.270 e. The standard InChI is InChI=1S/C12H21N3O/c1-3-8-15-10-4-6-11(15)12(16)14(2)9-5-7-13/h4,6,10H,3,5,7-9,13H2,1-2H3. The molecule has 0 aromatic carbocycles. The molecule has 0 unspecified atom stereocenters. The minimum atomic E-state index is 0.0758. The van der Waals surface area contributed by atoms with Crippen LogP contribution in [0.25, 0.3) is 0 Å². The Balaban J connectivity index is 2.67. The van der Waals surface area contributed by atoms with Gasteiger partial charge in [-0.25, -0.2) is 0 Å². The van der Waals surface area contributed by atoms with Crippen molar-refractivity contribution in [1.82, 2.24) is 9.47 Å². The Hall–Kier alpha value is -1.29. The Labute approximate surface area is 97.0 Å². The summed E-state index contributed by atoms with van der Waals surface area (Å²) in [6.45, 7) is 4.32. The molecule has 4 nitrogen and oxygen atoms in total. The molecule has 0 fully saturated rings. The summed E-state index contributed by atoms with van der Waals surface area (Å²) in [6.07, 6.45) is 3.83. The fraction of sp³-hybridized carbons (Fsp3) is 0.583. The van der Waals surface area contributed by atoms with Crippen LogP contribution in [0.15, 0.2) is 18.3 Å². The smallest absolute Gasteiger partial charge is 0.270 e. The van der Waals surface area contributed by atoms with E-state index in [-0.39, 0.29) is 5.91 Å². The molecule has 0 radical (unpaired) electrons. The van der Waals surface area contributed by atoms with E-state index in [1.807, 2.05) is 29.9 Å². The second kappa shape index (κ2) is 6.33.